The second kappa shape index (κ2) is 5.14. The Morgan fingerprint density at radius 3 is 2.95 bits per heavy atom. The maximum absolute atomic E-state index is 9.03. The highest BCUT2D eigenvalue weighted by Crippen LogP contribution is 2.35. The van der Waals surface area contributed by atoms with Gasteiger partial charge in [-0.25, -0.2) is 10.2 Å². The number of aryl methyl sites for hydroxylation is 1. The summed E-state index contributed by atoms with van der Waals surface area (Å²) in [5.74, 6) is 2.32. The smallest absolute Gasteiger partial charge is 0.275 e. The molecule has 0 saturated carbocycles. The Morgan fingerprint density at radius 1 is 1.45 bits per heavy atom. The van der Waals surface area contributed by atoms with Gasteiger partial charge < -0.3 is 0 Å². The maximum Gasteiger partial charge on any atom is 0.276 e. The summed E-state index contributed by atoms with van der Waals surface area (Å²) < 4.78 is 1.76. The van der Waals surface area contributed by atoms with E-state index in [0.29, 0.717) is 5.15 Å². The van der Waals surface area contributed by atoms with Gasteiger partial charge in [-0.05, 0) is 30.3 Å². The first-order valence-electron chi connectivity index (χ1n) is 6.42. The Bertz CT molecular complexity index is 729. The van der Waals surface area contributed by atoms with E-state index in [1.54, 1.807) is 10.9 Å². The van der Waals surface area contributed by atoms with Gasteiger partial charge in [0.05, 0.1) is 5.69 Å². The molecule has 3 heterocycles. The van der Waals surface area contributed by atoms with Crippen LogP contribution in [0.15, 0.2) is 30.6 Å². The Hall–Kier alpha value is -2.06. The van der Waals surface area contributed by atoms with Crippen molar-refractivity contribution < 1.29 is 0 Å². The Kier molecular flexibility index (Phi) is 3.33. The second-order valence-corrected chi connectivity index (χ2v) is 5.31. The SMILES string of the molecule is Cn1ccc(-c2cc(Cl)ncc2C2=CCB(C#N)C2)n1. The van der Waals surface area contributed by atoms with E-state index in [0.717, 1.165) is 35.0 Å². The minimum absolute atomic E-state index is 0.0669. The van der Waals surface area contributed by atoms with E-state index in [1.807, 2.05) is 25.4 Å². The van der Waals surface area contributed by atoms with Crippen molar-refractivity contribution >= 4 is 23.9 Å². The molecule has 0 fully saturated rings. The molecule has 20 heavy (non-hydrogen) atoms. The number of allylic oxidation sites excluding steroid dienone is 2. The molecule has 0 saturated heterocycles. The van der Waals surface area contributed by atoms with Crippen LogP contribution in [0.1, 0.15) is 5.56 Å². The van der Waals surface area contributed by atoms with Gasteiger partial charge in [-0.1, -0.05) is 17.7 Å². The lowest BCUT2D eigenvalue weighted by Crippen LogP contribution is -2.03. The molecule has 0 N–H and O–H groups in total. The van der Waals surface area contributed by atoms with Crippen LogP contribution in [0, 0.1) is 11.2 Å². The zero-order valence-electron chi connectivity index (χ0n) is 11.0. The van der Waals surface area contributed by atoms with Gasteiger partial charge in [0.25, 0.3) is 6.71 Å². The molecular weight excluding hydrogens is 270 g/mol. The summed E-state index contributed by atoms with van der Waals surface area (Å²) in [6.07, 6.45) is 7.35. The van der Waals surface area contributed by atoms with Gasteiger partial charge in [0.2, 0.25) is 0 Å². The quantitative estimate of drug-likeness (QED) is 0.628. The van der Waals surface area contributed by atoms with E-state index in [2.05, 4.69) is 22.1 Å². The number of nitrogens with zero attached hydrogens (tertiary/aromatic N) is 4. The zero-order chi connectivity index (χ0) is 14.1. The number of aromatic nitrogens is 3. The monoisotopic (exact) mass is 282 g/mol. The summed E-state index contributed by atoms with van der Waals surface area (Å²) in [6, 6.07) is 3.78. The molecule has 98 valence electrons. The summed E-state index contributed by atoms with van der Waals surface area (Å²) >= 11 is 6.02. The highest BCUT2D eigenvalue weighted by Gasteiger charge is 2.24. The fourth-order valence-electron chi connectivity index (χ4n) is 2.49. The van der Waals surface area contributed by atoms with E-state index in [-0.39, 0.29) is 6.71 Å². The molecule has 4 nitrogen and oxygen atoms in total. The van der Waals surface area contributed by atoms with Gasteiger partial charge in [0.1, 0.15) is 5.15 Å². The highest BCUT2D eigenvalue weighted by molar-refractivity contribution is 6.70. The van der Waals surface area contributed by atoms with Crippen LogP contribution in [-0.2, 0) is 7.05 Å². The van der Waals surface area contributed by atoms with Crippen LogP contribution in [-0.4, -0.2) is 21.5 Å². The van der Waals surface area contributed by atoms with Gasteiger partial charge in [0.15, 0.2) is 0 Å². The molecule has 2 aromatic heterocycles. The first kappa shape index (κ1) is 13.0. The normalized spacial score (nSPS) is 14.2. The molecule has 0 atom stereocenters. The average Bonchev–Trinajstić information content (AvgIpc) is 3.07. The molecule has 0 bridgehead atoms. The number of hydrogen-bond acceptors (Lipinski definition) is 3. The van der Waals surface area contributed by atoms with E-state index in [4.69, 9.17) is 16.9 Å². The van der Waals surface area contributed by atoms with Crippen LogP contribution < -0.4 is 0 Å². The van der Waals surface area contributed by atoms with Crippen LogP contribution in [0.2, 0.25) is 17.8 Å². The number of nitriles is 1. The topological polar surface area (TPSA) is 54.5 Å². The first-order valence-corrected chi connectivity index (χ1v) is 6.80. The number of rotatable bonds is 2. The summed E-state index contributed by atoms with van der Waals surface area (Å²) in [6.45, 7) is 0.0669. The zero-order valence-corrected chi connectivity index (χ0v) is 11.8. The predicted molar refractivity (Wildman–Crippen MR) is 80.4 cm³/mol. The fraction of sp³-hybridized carbons (Fsp3) is 0.214. The molecule has 1 aliphatic heterocycles. The van der Waals surface area contributed by atoms with Gasteiger partial charge in [-0.2, -0.15) is 5.10 Å². The molecule has 0 spiro atoms. The lowest BCUT2D eigenvalue weighted by atomic mass is 9.49. The summed E-state index contributed by atoms with van der Waals surface area (Å²) in [5, 5.41) is 13.9. The third-order valence-corrected chi connectivity index (χ3v) is 3.71. The summed E-state index contributed by atoms with van der Waals surface area (Å²) in [4.78, 5) is 4.17. The van der Waals surface area contributed by atoms with Gasteiger partial charge in [0, 0.05) is 36.5 Å². The molecule has 3 rings (SSSR count). The summed E-state index contributed by atoms with van der Waals surface area (Å²) in [7, 11) is 1.88. The van der Waals surface area contributed by atoms with Crippen LogP contribution in [0.3, 0.4) is 0 Å². The van der Waals surface area contributed by atoms with E-state index >= 15 is 0 Å². The molecule has 0 aliphatic carbocycles. The minimum Gasteiger partial charge on any atom is -0.275 e. The van der Waals surface area contributed by atoms with Gasteiger partial charge in [-0.3, -0.25) is 4.68 Å². The molecule has 0 amide bonds. The predicted octanol–water partition coefficient (Wildman–Crippen LogP) is 3.09. The van der Waals surface area contributed by atoms with Crippen LogP contribution in [0.5, 0.6) is 0 Å². The molecule has 0 radical (unpaired) electrons. The lowest BCUT2D eigenvalue weighted by molar-refractivity contribution is 0.771. The van der Waals surface area contributed by atoms with Crippen molar-refractivity contribution in [3.05, 3.63) is 41.3 Å². The van der Waals surface area contributed by atoms with Crippen molar-refractivity contribution in [1.29, 1.82) is 5.26 Å². The summed E-state index contributed by atoms with van der Waals surface area (Å²) in [5.41, 5.74) is 4.01. The van der Waals surface area contributed by atoms with Gasteiger partial charge in [-0.15, -0.1) is 0 Å². The van der Waals surface area contributed by atoms with Crippen molar-refractivity contribution in [2.24, 2.45) is 7.05 Å². The third kappa shape index (κ3) is 2.35. The number of pyridine rings is 1. The average molecular weight is 283 g/mol. The fourth-order valence-corrected chi connectivity index (χ4v) is 2.65. The molecule has 2 aromatic rings. The standard InChI is InChI=1S/C14H12BClN4/c1-20-5-3-13(19-20)11-6-14(16)18-8-12(11)10-2-4-15(7-10)9-17/h2-3,5-6,8H,4,7H2,1H3. The van der Waals surface area contributed by atoms with Crippen molar-refractivity contribution in [3.8, 4) is 17.2 Å². The van der Waals surface area contributed by atoms with Crippen LogP contribution in [0.4, 0.5) is 0 Å². The molecule has 6 heteroatoms. The van der Waals surface area contributed by atoms with Crippen molar-refractivity contribution in [2.75, 3.05) is 0 Å². The number of hydrogen-bond donors (Lipinski definition) is 0. The Balaban J connectivity index is 2.06. The largest absolute Gasteiger partial charge is 0.276 e. The van der Waals surface area contributed by atoms with Gasteiger partial charge >= 0.3 is 0 Å². The van der Waals surface area contributed by atoms with Crippen molar-refractivity contribution in [2.45, 2.75) is 12.6 Å². The lowest BCUT2D eigenvalue weighted by Gasteiger charge is -2.09. The second-order valence-electron chi connectivity index (χ2n) is 4.92. The van der Waals surface area contributed by atoms with Crippen molar-refractivity contribution in [1.82, 2.24) is 14.8 Å². The van der Waals surface area contributed by atoms with E-state index in [1.165, 1.54) is 0 Å². The van der Waals surface area contributed by atoms with Crippen LogP contribution >= 0.6 is 11.6 Å². The van der Waals surface area contributed by atoms with E-state index < -0.39 is 0 Å². The minimum atomic E-state index is 0.0669. The highest BCUT2D eigenvalue weighted by atomic mass is 35.5. The first-order chi connectivity index (χ1) is 9.67. The molecule has 0 aromatic carbocycles. The Morgan fingerprint density at radius 2 is 2.30 bits per heavy atom. The Labute approximate surface area is 122 Å². The molecule has 1 aliphatic rings. The molecule has 0 unspecified atom stereocenters. The number of halogens is 1. The van der Waals surface area contributed by atoms with Crippen molar-refractivity contribution in [3.63, 3.8) is 0 Å². The van der Waals surface area contributed by atoms with Crippen LogP contribution in [0.25, 0.3) is 16.8 Å². The molecular formula is C14H12BClN4. The van der Waals surface area contributed by atoms with E-state index in [9.17, 15) is 0 Å². The maximum atomic E-state index is 9.03. The third-order valence-electron chi connectivity index (χ3n) is 3.50.